The highest BCUT2D eigenvalue weighted by Gasteiger charge is 2.24. The standard InChI is InChI=1S/C19H14BrNO2/c1-2-5-12(15-10-21-17-7-4-3-6-13(15)17)14-8-18-19(9-16(14)20)23-11-22-18/h1,3-4,6-10,12,21H,5,11H2. The van der Waals surface area contributed by atoms with Gasteiger partial charge < -0.3 is 14.5 Å². The summed E-state index contributed by atoms with van der Waals surface area (Å²) < 4.78 is 11.9. The van der Waals surface area contributed by atoms with E-state index in [0.29, 0.717) is 6.42 Å². The van der Waals surface area contributed by atoms with Crippen molar-refractivity contribution in [1.29, 1.82) is 0 Å². The van der Waals surface area contributed by atoms with E-state index in [1.165, 1.54) is 10.9 Å². The molecule has 0 aliphatic carbocycles. The van der Waals surface area contributed by atoms with E-state index in [9.17, 15) is 0 Å². The fourth-order valence-corrected chi connectivity index (χ4v) is 3.69. The van der Waals surface area contributed by atoms with Gasteiger partial charge in [-0.25, -0.2) is 0 Å². The number of fused-ring (bicyclic) bond motifs is 2. The normalized spacial score (nSPS) is 13.9. The Labute approximate surface area is 142 Å². The van der Waals surface area contributed by atoms with Crippen molar-refractivity contribution in [3.05, 3.63) is 58.2 Å². The second kappa shape index (κ2) is 5.68. The smallest absolute Gasteiger partial charge is 0.231 e. The Balaban J connectivity index is 1.87. The summed E-state index contributed by atoms with van der Waals surface area (Å²) in [6.07, 6.45) is 8.30. The van der Waals surface area contributed by atoms with Crippen LogP contribution in [0.15, 0.2) is 47.1 Å². The van der Waals surface area contributed by atoms with Gasteiger partial charge in [0, 0.05) is 33.9 Å². The van der Waals surface area contributed by atoms with E-state index >= 15 is 0 Å². The molecule has 2 heterocycles. The summed E-state index contributed by atoms with van der Waals surface area (Å²) in [6, 6.07) is 12.2. The largest absolute Gasteiger partial charge is 0.454 e. The van der Waals surface area contributed by atoms with Gasteiger partial charge in [0.2, 0.25) is 6.79 Å². The summed E-state index contributed by atoms with van der Waals surface area (Å²) in [7, 11) is 0. The molecule has 0 fully saturated rings. The molecule has 3 nitrogen and oxygen atoms in total. The molecule has 1 N–H and O–H groups in total. The van der Waals surface area contributed by atoms with Gasteiger partial charge in [0.05, 0.1) is 0 Å². The Kier molecular flexibility index (Phi) is 3.51. The van der Waals surface area contributed by atoms with Crippen LogP contribution in [0.3, 0.4) is 0 Å². The fourth-order valence-electron chi connectivity index (χ4n) is 3.09. The first kappa shape index (κ1) is 14.2. The Morgan fingerprint density at radius 2 is 1.96 bits per heavy atom. The number of aromatic nitrogens is 1. The van der Waals surface area contributed by atoms with Crippen LogP contribution in [0.2, 0.25) is 0 Å². The summed E-state index contributed by atoms with van der Waals surface area (Å²) in [6.45, 7) is 0.262. The summed E-state index contributed by atoms with van der Waals surface area (Å²) in [4.78, 5) is 3.33. The van der Waals surface area contributed by atoms with Crippen molar-refractivity contribution in [2.45, 2.75) is 12.3 Å². The molecule has 2 aromatic carbocycles. The first-order valence-electron chi connectivity index (χ1n) is 7.36. The lowest BCUT2D eigenvalue weighted by Crippen LogP contribution is -2.01. The van der Waals surface area contributed by atoms with Crippen LogP contribution < -0.4 is 9.47 Å². The van der Waals surface area contributed by atoms with Gasteiger partial charge in [-0.15, -0.1) is 12.3 Å². The lowest BCUT2D eigenvalue weighted by molar-refractivity contribution is 0.174. The van der Waals surface area contributed by atoms with Crippen LogP contribution in [0, 0.1) is 12.3 Å². The molecule has 0 amide bonds. The van der Waals surface area contributed by atoms with Gasteiger partial charge in [0.1, 0.15) is 0 Å². The maximum atomic E-state index is 5.65. The minimum absolute atomic E-state index is 0.0834. The summed E-state index contributed by atoms with van der Waals surface area (Å²) in [5.74, 6) is 4.42. The molecule has 1 aliphatic rings. The number of H-pyrrole nitrogens is 1. The molecule has 4 heteroatoms. The molecule has 0 radical (unpaired) electrons. The van der Waals surface area contributed by atoms with Gasteiger partial charge >= 0.3 is 0 Å². The van der Waals surface area contributed by atoms with Crippen LogP contribution in [-0.2, 0) is 0 Å². The summed E-state index contributed by atoms with van der Waals surface area (Å²) in [5.41, 5.74) is 3.41. The summed E-state index contributed by atoms with van der Waals surface area (Å²) >= 11 is 3.66. The first-order valence-corrected chi connectivity index (χ1v) is 8.15. The van der Waals surface area contributed by atoms with Crippen molar-refractivity contribution in [1.82, 2.24) is 4.98 Å². The van der Waals surface area contributed by atoms with Crippen molar-refractivity contribution in [2.24, 2.45) is 0 Å². The molecule has 3 aromatic rings. The monoisotopic (exact) mass is 367 g/mol. The van der Waals surface area contributed by atoms with Crippen molar-refractivity contribution < 1.29 is 9.47 Å². The molecule has 0 saturated heterocycles. The minimum atomic E-state index is 0.0834. The zero-order chi connectivity index (χ0) is 15.8. The van der Waals surface area contributed by atoms with Crippen LogP contribution in [-0.4, -0.2) is 11.8 Å². The molecule has 1 atom stereocenters. The topological polar surface area (TPSA) is 34.2 Å². The van der Waals surface area contributed by atoms with E-state index in [1.807, 2.05) is 30.5 Å². The van der Waals surface area contributed by atoms with E-state index in [4.69, 9.17) is 15.9 Å². The number of hydrogen-bond acceptors (Lipinski definition) is 2. The SMILES string of the molecule is C#CCC(c1cc2c(cc1Br)OCO2)c1c[nH]c2ccccc12. The lowest BCUT2D eigenvalue weighted by Gasteiger charge is -2.17. The van der Waals surface area contributed by atoms with Crippen molar-refractivity contribution in [2.75, 3.05) is 6.79 Å². The molecule has 0 spiro atoms. The van der Waals surface area contributed by atoms with E-state index in [0.717, 1.165) is 27.1 Å². The molecule has 1 aromatic heterocycles. The van der Waals surface area contributed by atoms with E-state index in [2.05, 4.69) is 39.0 Å². The van der Waals surface area contributed by atoms with Crippen molar-refractivity contribution in [3.8, 4) is 23.8 Å². The number of hydrogen-bond donors (Lipinski definition) is 1. The molecule has 23 heavy (non-hydrogen) atoms. The third-order valence-corrected chi connectivity index (χ3v) is 4.87. The number of rotatable bonds is 3. The van der Waals surface area contributed by atoms with Gasteiger partial charge in [-0.3, -0.25) is 0 Å². The van der Waals surface area contributed by atoms with Crippen LogP contribution >= 0.6 is 15.9 Å². The molecule has 4 rings (SSSR count). The van der Waals surface area contributed by atoms with Gasteiger partial charge in [0.25, 0.3) is 0 Å². The maximum Gasteiger partial charge on any atom is 0.231 e. The number of halogens is 1. The van der Waals surface area contributed by atoms with E-state index in [1.54, 1.807) is 0 Å². The second-order valence-electron chi connectivity index (χ2n) is 5.48. The first-order chi connectivity index (χ1) is 11.3. The average Bonchev–Trinajstić information content (AvgIpc) is 3.18. The van der Waals surface area contributed by atoms with Crippen LogP contribution in [0.5, 0.6) is 11.5 Å². The molecule has 1 unspecified atom stereocenters. The Morgan fingerprint density at radius 1 is 1.17 bits per heavy atom. The summed E-state index contributed by atoms with van der Waals surface area (Å²) in [5, 5.41) is 1.19. The van der Waals surface area contributed by atoms with Gasteiger partial charge in [-0.2, -0.15) is 0 Å². The average molecular weight is 368 g/mol. The second-order valence-corrected chi connectivity index (χ2v) is 6.33. The van der Waals surface area contributed by atoms with E-state index in [-0.39, 0.29) is 12.7 Å². The third kappa shape index (κ3) is 2.38. The number of benzene rings is 2. The Bertz CT molecular complexity index is 923. The number of ether oxygens (including phenoxy) is 2. The van der Waals surface area contributed by atoms with Crippen LogP contribution in [0.25, 0.3) is 10.9 Å². The molecule has 1 aliphatic heterocycles. The van der Waals surface area contributed by atoms with Crippen LogP contribution in [0.1, 0.15) is 23.5 Å². The Morgan fingerprint density at radius 3 is 2.78 bits per heavy atom. The molecular formula is C19H14BrNO2. The lowest BCUT2D eigenvalue weighted by atomic mass is 9.88. The highest BCUT2D eigenvalue weighted by molar-refractivity contribution is 9.10. The molecule has 0 bridgehead atoms. The predicted octanol–water partition coefficient (Wildman–Crippen LogP) is 4.81. The van der Waals surface area contributed by atoms with Gasteiger partial charge in [-0.1, -0.05) is 34.1 Å². The third-order valence-electron chi connectivity index (χ3n) is 4.19. The van der Waals surface area contributed by atoms with E-state index < -0.39 is 0 Å². The number of nitrogens with one attached hydrogen (secondary N) is 1. The zero-order valence-electron chi connectivity index (χ0n) is 12.3. The minimum Gasteiger partial charge on any atom is -0.454 e. The van der Waals surface area contributed by atoms with Gasteiger partial charge in [-0.05, 0) is 29.3 Å². The highest BCUT2D eigenvalue weighted by atomic mass is 79.9. The zero-order valence-corrected chi connectivity index (χ0v) is 13.9. The number of aromatic amines is 1. The highest BCUT2D eigenvalue weighted by Crippen LogP contribution is 2.43. The molecular weight excluding hydrogens is 354 g/mol. The molecule has 114 valence electrons. The quantitative estimate of drug-likeness (QED) is 0.673. The van der Waals surface area contributed by atoms with Crippen molar-refractivity contribution >= 4 is 26.8 Å². The van der Waals surface area contributed by atoms with Gasteiger partial charge in [0.15, 0.2) is 11.5 Å². The molecule has 0 saturated carbocycles. The van der Waals surface area contributed by atoms with Crippen molar-refractivity contribution in [3.63, 3.8) is 0 Å². The number of para-hydroxylation sites is 1. The fraction of sp³-hybridized carbons (Fsp3) is 0.158. The predicted molar refractivity (Wildman–Crippen MR) is 93.9 cm³/mol. The number of terminal acetylenes is 1. The van der Waals surface area contributed by atoms with Crippen LogP contribution in [0.4, 0.5) is 0 Å². The Hall–Kier alpha value is -2.38. The maximum absolute atomic E-state index is 5.65.